The van der Waals surface area contributed by atoms with Gasteiger partial charge in [0.05, 0.1) is 35.2 Å². The molecule has 2 heterocycles. The molecule has 0 saturated heterocycles. The van der Waals surface area contributed by atoms with Crippen LogP contribution in [-0.4, -0.2) is 86.5 Å². The van der Waals surface area contributed by atoms with E-state index < -0.39 is 12.0 Å². The molecular weight excluding hydrogens is 526 g/mol. The lowest BCUT2D eigenvalue weighted by Crippen LogP contribution is -2.49. The number of hydrogen-bond donors (Lipinski definition) is 3. The van der Waals surface area contributed by atoms with E-state index in [4.69, 9.17) is 4.74 Å². The summed E-state index contributed by atoms with van der Waals surface area (Å²) in [6, 6.07) is 13.1. The van der Waals surface area contributed by atoms with Crippen molar-refractivity contribution in [3.8, 4) is 5.75 Å². The van der Waals surface area contributed by atoms with Crippen LogP contribution in [0.5, 0.6) is 5.75 Å². The van der Waals surface area contributed by atoms with Gasteiger partial charge in [-0.2, -0.15) is 5.10 Å². The van der Waals surface area contributed by atoms with Crippen molar-refractivity contribution in [3.05, 3.63) is 76.6 Å². The molecule has 3 N–H and O–H groups in total. The third-order valence-corrected chi connectivity index (χ3v) is 7.32. The third kappa shape index (κ3) is 6.75. The number of benzene rings is 2. The first-order chi connectivity index (χ1) is 19.5. The van der Waals surface area contributed by atoms with Crippen LogP contribution in [0.2, 0.25) is 0 Å². The van der Waals surface area contributed by atoms with Crippen LogP contribution in [0.25, 0.3) is 0 Å². The second kappa shape index (κ2) is 12.5. The number of ether oxygens (including phenoxy) is 1. The normalized spacial score (nSPS) is 17.8. The van der Waals surface area contributed by atoms with Crippen molar-refractivity contribution in [2.75, 3.05) is 32.1 Å². The van der Waals surface area contributed by atoms with E-state index in [9.17, 15) is 24.6 Å². The number of aliphatic hydroxyl groups is 1. The Kier molecular flexibility index (Phi) is 9.09. The van der Waals surface area contributed by atoms with Gasteiger partial charge >= 0.3 is 5.97 Å². The van der Waals surface area contributed by atoms with Crippen molar-refractivity contribution >= 4 is 23.5 Å². The number of para-hydroxylation sites is 1. The Balaban J connectivity index is 1.65. The van der Waals surface area contributed by atoms with Gasteiger partial charge < -0.3 is 25.2 Å². The van der Waals surface area contributed by atoms with Crippen molar-refractivity contribution in [2.24, 2.45) is 13.0 Å². The number of hydrogen-bond acceptors (Lipinski definition) is 7. The third-order valence-electron chi connectivity index (χ3n) is 7.32. The summed E-state index contributed by atoms with van der Waals surface area (Å²) < 4.78 is 8.07. The Morgan fingerprint density at radius 3 is 2.54 bits per heavy atom. The molecule has 0 unspecified atom stereocenters. The zero-order chi connectivity index (χ0) is 29.8. The number of nitrogens with one attached hydrogen (secondary N) is 1. The molecule has 4 rings (SSSR count). The molecule has 218 valence electrons. The fourth-order valence-electron chi connectivity index (χ4n) is 5.01. The van der Waals surface area contributed by atoms with Crippen LogP contribution in [0.4, 0.5) is 5.69 Å². The number of aromatic carboxylic acids is 1. The van der Waals surface area contributed by atoms with Crippen molar-refractivity contribution in [2.45, 2.75) is 39.5 Å². The van der Waals surface area contributed by atoms with Crippen molar-refractivity contribution < 1.29 is 29.3 Å². The number of carboxylic acids is 1. The Bertz CT molecular complexity index is 1420. The number of carbonyl (C=O) groups excluding carboxylic acids is 2. The van der Waals surface area contributed by atoms with Crippen LogP contribution in [0.3, 0.4) is 0 Å². The summed E-state index contributed by atoms with van der Waals surface area (Å²) >= 11 is 0. The van der Waals surface area contributed by atoms with Gasteiger partial charge in [0.1, 0.15) is 11.8 Å². The van der Waals surface area contributed by atoms with Gasteiger partial charge in [0.25, 0.3) is 11.8 Å². The molecule has 3 atom stereocenters. The average Bonchev–Trinajstić information content (AvgIpc) is 3.28. The van der Waals surface area contributed by atoms with E-state index in [0.29, 0.717) is 42.3 Å². The largest absolute Gasteiger partial charge is 0.486 e. The summed E-state index contributed by atoms with van der Waals surface area (Å²) in [6.45, 7) is 6.81. The van der Waals surface area contributed by atoms with Crippen molar-refractivity contribution in [3.63, 3.8) is 0 Å². The quantitative estimate of drug-likeness (QED) is 0.361. The Labute approximate surface area is 239 Å². The van der Waals surface area contributed by atoms with Crippen LogP contribution in [0.1, 0.15) is 56.3 Å². The molecule has 2 aromatic carbocycles. The number of aromatic nitrogens is 2. The topological polar surface area (TPSA) is 137 Å². The molecular formula is C30H37N5O6. The zero-order valence-electron chi connectivity index (χ0n) is 24.0. The number of likely N-dealkylation sites (N-methyl/N-ethyl adjacent to an activating group) is 1. The van der Waals surface area contributed by atoms with Gasteiger partial charge in [-0.25, -0.2) is 4.79 Å². The summed E-state index contributed by atoms with van der Waals surface area (Å²) in [5.74, 6) is -1.49. The Morgan fingerprint density at radius 1 is 1.22 bits per heavy atom. The SMILES string of the molecule is Cc1cc(C(=O)Nc2cccc3c2O[C@@H](CN(C)Cc2ccc(C(=O)O)cc2)[C@@H](C)CN([C@H](C)CO)C3=O)n(C)n1. The van der Waals surface area contributed by atoms with E-state index in [1.54, 1.807) is 74.3 Å². The van der Waals surface area contributed by atoms with Crippen LogP contribution in [0, 0.1) is 12.8 Å². The number of carbonyl (C=O) groups is 3. The lowest BCUT2D eigenvalue weighted by Gasteiger charge is -2.38. The average molecular weight is 564 g/mol. The molecule has 1 aliphatic rings. The van der Waals surface area contributed by atoms with Crippen molar-refractivity contribution in [1.29, 1.82) is 0 Å². The monoisotopic (exact) mass is 563 g/mol. The van der Waals surface area contributed by atoms with Gasteiger partial charge in [-0.15, -0.1) is 0 Å². The maximum atomic E-state index is 13.7. The number of rotatable bonds is 9. The molecule has 0 fully saturated rings. The van der Waals surface area contributed by atoms with E-state index in [0.717, 1.165) is 5.56 Å². The van der Waals surface area contributed by atoms with Crippen LogP contribution in [0.15, 0.2) is 48.5 Å². The first-order valence-electron chi connectivity index (χ1n) is 13.5. The van der Waals surface area contributed by atoms with Gasteiger partial charge in [0.2, 0.25) is 0 Å². The van der Waals surface area contributed by atoms with E-state index in [2.05, 4.69) is 15.3 Å². The number of fused-ring (bicyclic) bond motifs is 1. The van der Waals surface area contributed by atoms with Gasteiger partial charge in [-0.3, -0.25) is 19.2 Å². The number of amides is 2. The van der Waals surface area contributed by atoms with E-state index in [1.165, 1.54) is 4.68 Å². The molecule has 0 radical (unpaired) electrons. The standard InChI is InChI=1S/C30H37N5O6/c1-18-14-35(20(3)17-36)29(38)23-7-6-8-24(31-28(37)25-13-19(2)32-34(25)5)27(23)41-26(18)16-33(4)15-21-9-11-22(12-10-21)30(39)40/h6-13,18,20,26,36H,14-17H2,1-5H3,(H,31,37)(H,39,40)/t18-,20+,26-/m0/s1. The van der Waals surface area contributed by atoms with E-state index >= 15 is 0 Å². The summed E-state index contributed by atoms with van der Waals surface area (Å²) in [6.07, 6.45) is -0.379. The van der Waals surface area contributed by atoms with Gasteiger partial charge in [0.15, 0.2) is 5.75 Å². The van der Waals surface area contributed by atoms with E-state index in [1.807, 2.05) is 14.0 Å². The Morgan fingerprint density at radius 2 is 1.93 bits per heavy atom. The number of carboxylic acid groups (broad SMARTS) is 1. The highest BCUT2D eigenvalue weighted by atomic mass is 16.5. The molecule has 0 aliphatic carbocycles. The maximum absolute atomic E-state index is 13.7. The summed E-state index contributed by atoms with van der Waals surface area (Å²) in [5, 5.41) is 26.3. The fraction of sp³-hybridized carbons (Fsp3) is 0.400. The summed E-state index contributed by atoms with van der Waals surface area (Å²) in [7, 11) is 3.63. The second-order valence-electron chi connectivity index (χ2n) is 10.8. The number of aliphatic hydroxyl groups excluding tert-OH is 1. The first kappa shape index (κ1) is 29.8. The maximum Gasteiger partial charge on any atom is 0.335 e. The van der Waals surface area contributed by atoms with Crippen LogP contribution >= 0.6 is 0 Å². The first-order valence-corrected chi connectivity index (χ1v) is 13.5. The fourth-order valence-corrected chi connectivity index (χ4v) is 5.01. The van der Waals surface area contributed by atoms with Crippen LogP contribution < -0.4 is 10.1 Å². The molecule has 3 aromatic rings. The van der Waals surface area contributed by atoms with E-state index in [-0.39, 0.29) is 41.8 Å². The summed E-state index contributed by atoms with van der Waals surface area (Å²) in [4.78, 5) is 41.8. The highest BCUT2D eigenvalue weighted by Crippen LogP contribution is 2.35. The molecule has 11 nitrogen and oxygen atoms in total. The molecule has 0 bridgehead atoms. The number of nitrogens with zero attached hydrogens (tertiary/aromatic N) is 4. The molecule has 2 amide bonds. The second-order valence-corrected chi connectivity index (χ2v) is 10.8. The molecule has 1 aliphatic heterocycles. The highest BCUT2D eigenvalue weighted by Gasteiger charge is 2.34. The minimum absolute atomic E-state index is 0.124. The molecule has 0 spiro atoms. The molecule has 11 heteroatoms. The van der Waals surface area contributed by atoms with Crippen molar-refractivity contribution in [1.82, 2.24) is 19.6 Å². The molecule has 1 aromatic heterocycles. The lowest BCUT2D eigenvalue weighted by atomic mass is 9.98. The minimum Gasteiger partial charge on any atom is -0.486 e. The molecule has 41 heavy (non-hydrogen) atoms. The number of aryl methyl sites for hydroxylation is 2. The van der Waals surface area contributed by atoms with Gasteiger partial charge in [-0.1, -0.05) is 25.1 Å². The summed E-state index contributed by atoms with van der Waals surface area (Å²) in [5.41, 5.74) is 2.91. The predicted molar refractivity (Wildman–Crippen MR) is 153 cm³/mol. The predicted octanol–water partition coefficient (Wildman–Crippen LogP) is 3.03. The lowest BCUT2D eigenvalue weighted by molar-refractivity contribution is 0.0343. The van der Waals surface area contributed by atoms with Gasteiger partial charge in [-0.05, 0) is 56.8 Å². The highest BCUT2D eigenvalue weighted by molar-refractivity contribution is 6.06. The van der Waals surface area contributed by atoms with Crippen LogP contribution in [-0.2, 0) is 13.6 Å². The minimum atomic E-state index is -0.974. The number of anilines is 1. The molecule has 0 saturated carbocycles. The smallest absolute Gasteiger partial charge is 0.335 e. The zero-order valence-corrected chi connectivity index (χ0v) is 24.0. The Hall–Kier alpha value is -4.22. The van der Waals surface area contributed by atoms with Gasteiger partial charge in [0, 0.05) is 32.6 Å².